The minimum Gasteiger partial charge on any atom is -0.387 e. The van der Waals surface area contributed by atoms with E-state index < -0.39 is 5.60 Å². The summed E-state index contributed by atoms with van der Waals surface area (Å²) in [7, 11) is 0. The lowest BCUT2D eigenvalue weighted by Gasteiger charge is -2.31. The maximum Gasteiger partial charge on any atom is 0.0882 e. The molecule has 0 radical (unpaired) electrons. The predicted octanol–water partition coefficient (Wildman–Crippen LogP) is 2.74. The van der Waals surface area contributed by atoms with Gasteiger partial charge in [-0.1, -0.05) is 13.8 Å². The summed E-state index contributed by atoms with van der Waals surface area (Å²) in [5, 5.41) is 9.67. The first-order chi connectivity index (χ1) is 7.09. The van der Waals surface area contributed by atoms with Crippen LogP contribution >= 0.6 is 0 Å². The first-order valence-corrected chi connectivity index (χ1v) is 6.43. The molecule has 0 amide bonds. The molecule has 0 bridgehead atoms. The van der Waals surface area contributed by atoms with E-state index in [0.29, 0.717) is 12.7 Å². The van der Waals surface area contributed by atoms with Crippen LogP contribution in [0.5, 0.6) is 0 Å². The van der Waals surface area contributed by atoms with Crippen LogP contribution in [0.4, 0.5) is 0 Å². The Kier molecular flexibility index (Phi) is 3.36. The lowest BCUT2D eigenvalue weighted by atomic mass is 9.80. The van der Waals surface area contributed by atoms with E-state index in [9.17, 15) is 5.11 Å². The van der Waals surface area contributed by atoms with E-state index >= 15 is 0 Å². The van der Waals surface area contributed by atoms with Crippen molar-refractivity contribution in [3.8, 4) is 0 Å². The third-order valence-electron chi connectivity index (χ3n) is 4.08. The van der Waals surface area contributed by atoms with Crippen molar-refractivity contribution < 1.29 is 9.84 Å². The molecule has 2 aliphatic carbocycles. The summed E-state index contributed by atoms with van der Waals surface area (Å²) >= 11 is 0. The molecular weight excluding hydrogens is 188 g/mol. The Morgan fingerprint density at radius 3 is 2.27 bits per heavy atom. The summed E-state index contributed by atoms with van der Waals surface area (Å²) < 4.78 is 5.79. The maximum atomic E-state index is 9.67. The molecule has 0 aliphatic heterocycles. The largest absolute Gasteiger partial charge is 0.387 e. The Morgan fingerprint density at radius 2 is 1.80 bits per heavy atom. The molecule has 2 fully saturated rings. The zero-order valence-corrected chi connectivity index (χ0v) is 10.0. The van der Waals surface area contributed by atoms with Gasteiger partial charge in [0, 0.05) is 0 Å². The highest BCUT2D eigenvalue weighted by atomic mass is 16.5. The van der Waals surface area contributed by atoms with E-state index in [1.165, 1.54) is 25.7 Å². The van der Waals surface area contributed by atoms with Crippen LogP contribution in [0.2, 0.25) is 0 Å². The third kappa shape index (κ3) is 3.18. The first kappa shape index (κ1) is 11.4. The summed E-state index contributed by atoms with van der Waals surface area (Å²) in [6.07, 6.45) is 7.30. The zero-order valence-electron chi connectivity index (χ0n) is 10.0. The summed E-state index contributed by atoms with van der Waals surface area (Å²) in [6, 6.07) is 0. The van der Waals surface area contributed by atoms with Gasteiger partial charge in [0.1, 0.15) is 0 Å². The molecular formula is C13H24O2. The molecule has 2 aliphatic rings. The van der Waals surface area contributed by atoms with Crippen LogP contribution in [0.25, 0.3) is 0 Å². The molecule has 2 nitrogen and oxygen atoms in total. The fourth-order valence-electron chi connectivity index (χ4n) is 2.48. The number of aliphatic hydroxyl groups is 1. The molecule has 0 heterocycles. The zero-order chi connectivity index (χ0) is 10.9. The van der Waals surface area contributed by atoms with E-state index in [0.717, 1.165) is 24.7 Å². The molecule has 0 aromatic heterocycles. The average molecular weight is 212 g/mol. The quantitative estimate of drug-likeness (QED) is 0.776. The molecule has 0 aromatic rings. The predicted molar refractivity (Wildman–Crippen MR) is 60.7 cm³/mol. The molecule has 2 saturated carbocycles. The van der Waals surface area contributed by atoms with Crippen LogP contribution in [0.3, 0.4) is 0 Å². The highest BCUT2D eigenvalue weighted by Crippen LogP contribution is 2.37. The SMILES string of the molecule is CC(C)[C@H]1CC[C@@H](OCC2(O)CC2)CC1. The van der Waals surface area contributed by atoms with Crippen LogP contribution in [0.15, 0.2) is 0 Å². The first-order valence-electron chi connectivity index (χ1n) is 6.43. The number of hydrogen-bond acceptors (Lipinski definition) is 2. The maximum absolute atomic E-state index is 9.67. The molecule has 0 aromatic carbocycles. The Morgan fingerprint density at radius 1 is 1.20 bits per heavy atom. The van der Waals surface area contributed by atoms with Crippen molar-refractivity contribution in [2.75, 3.05) is 6.61 Å². The molecule has 2 heteroatoms. The fourth-order valence-corrected chi connectivity index (χ4v) is 2.48. The molecule has 0 saturated heterocycles. The summed E-state index contributed by atoms with van der Waals surface area (Å²) in [5.74, 6) is 1.72. The number of rotatable bonds is 4. The summed E-state index contributed by atoms with van der Waals surface area (Å²) in [6.45, 7) is 5.21. The highest BCUT2D eigenvalue weighted by molar-refractivity contribution is 4.93. The average Bonchev–Trinajstić information content (AvgIpc) is 2.95. The van der Waals surface area contributed by atoms with Crippen molar-refractivity contribution in [3.05, 3.63) is 0 Å². The van der Waals surface area contributed by atoms with Crippen molar-refractivity contribution >= 4 is 0 Å². The molecule has 0 spiro atoms. The number of ether oxygens (including phenoxy) is 1. The fraction of sp³-hybridized carbons (Fsp3) is 1.00. The van der Waals surface area contributed by atoms with Gasteiger partial charge in [0.2, 0.25) is 0 Å². The van der Waals surface area contributed by atoms with Gasteiger partial charge < -0.3 is 9.84 Å². The van der Waals surface area contributed by atoms with Gasteiger partial charge in [-0.05, 0) is 50.4 Å². The van der Waals surface area contributed by atoms with Gasteiger partial charge in [-0.3, -0.25) is 0 Å². The standard InChI is InChI=1S/C13H24O2/c1-10(2)11-3-5-12(6-4-11)15-9-13(14)7-8-13/h10-12,14H,3-9H2,1-2H3/t11-,12+. The smallest absolute Gasteiger partial charge is 0.0882 e. The van der Waals surface area contributed by atoms with E-state index in [-0.39, 0.29) is 0 Å². The Labute approximate surface area is 93.0 Å². The topological polar surface area (TPSA) is 29.5 Å². The van der Waals surface area contributed by atoms with Gasteiger partial charge in [-0.2, -0.15) is 0 Å². The monoisotopic (exact) mass is 212 g/mol. The highest BCUT2D eigenvalue weighted by Gasteiger charge is 2.41. The van der Waals surface area contributed by atoms with Crippen molar-refractivity contribution in [1.82, 2.24) is 0 Å². The van der Waals surface area contributed by atoms with E-state index in [1.54, 1.807) is 0 Å². The van der Waals surface area contributed by atoms with Crippen molar-refractivity contribution in [3.63, 3.8) is 0 Å². The van der Waals surface area contributed by atoms with Gasteiger partial charge >= 0.3 is 0 Å². The lowest BCUT2D eigenvalue weighted by Crippen LogP contribution is -2.28. The number of hydrogen-bond donors (Lipinski definition) is 1. The van der Waals surface area contributed by atoms with E-state index in [4.69, 9.17) is 4.74 Å². The van der Waals surface area contributed by atoms with Crippen LogP contribution in [0, 0.1) is 11.8 Å². The van der Waals surface area contributed by atoms with Gasteiger partial charge in [0.25, 0.3) is 0 Å². The normalized spacial score (nSPS) is 34.4. The second kappa shape index (κ2) is 4.42. The lowest BCUT2D eigenvalue weighted by molar-refractivity contribution is -0.0417. The van der Waals surface area contributed by atoms with Crippen LogP contribution in [-0.4, -0.2) is 23.4 Å². The van der Waals surface area contributed by atoms with Crippen LogP contribution in [-0.2, 0) is 4.74 Å². The van der Waals surface area contributed by atoms with Gasteiger partial charge in [-0.15, -0.1) is 0 Å². The Hall–Kier alpha value is -0.0800. The second-order valence-corrected chi connectivity index (χ2v) is 5.82. The molecule has 2 rings (SSSR count). The molecule has 0 unspecified atom stereocenters. The van der Waals surface area contributed by atoms with Crippen molar-refractivity contribution in [2.24, 2.45) is 11.8 Å². The second-order valence-electron chi connectivity index (χ2n) is 5.82. The minimum absolute atomic E-state index is 0.421. The molecule has 1 N–H and O–H groups in total. The van der Waals surface area contributed by atoms with E-state index in [1.807, 2.05) is 0 Å². The summed E-state index contributed by atoms with van der Waals surface area (Å²) in [4.78, 5) is 0. The van der Waals surface area contributed by atoms with Crippen LogP contribution in [0.1, 0.15) is 52.4 Å². The van der Waals surface area contributed by atoms with Gasteiger partial charge in [-0.25, -0.2) is 0 Å². The van der Waals surface area contributed by atoms with Crippen molar-refractivity contribution in [1.29, 1.82) is 0 Å². The Bertz CT molecular complexity index is 201. The van der Waals surface area contributed by atoms with Gasteiger partial charge in [0.15, 0.2) is 0 Å². The molecule has 0 atom stereocenters. The van der Waals surface area contributed by atoms with Gasteiger partial charge in [0.05, 0.1) is 18.3 Å². The van der Waals surface area contributed by atoms with Crippen molar-refractivity contribution in [2.45, 2.75) is 64.1 Å². The van der Waals surface area contributed by atoms with E-state index in [2.05, 4.69) is 13.8 Å². The molecule has 15 heavy (non-hydrogen) atoms. The van der Waals surface area contributed by atoms with Crippen LogP contribution < -0.4 is 0 Å². The Balaban J connectivity index is 1.65. The summed E-state index contributed by atoms with van der Waals surface area (Å²) in [5.41, 5.74) is -0.436. The molecule has 88 valence electrons. The minimum atomic E-state index is -0.436. The third-order valence-corrected chi connectivity index (χ3v) is 4.08.